The number of aryl methyl sites for hydroxylation is 1. The van der Waals surface area contributed by atoms with Crippen LogP contribution in [0.1, 0.15) is 48.0 Å². The second-order valence-corrected chi connectivity index (χ2v) is 6.00. The van der Waals surface area contributed by atoms with E-state index in [1.54, 1.807) is 12.1 Å². The predicted octanol–water partition coefficient (Wildman–Crippen LogP) is 3.41. The van der Waals surface area contributed by atoms with E-state index in [0.717, 1.165) is 37.7 Å². The summed E-state index contributed by atoms with van der Waals surface area (Å²) in [5.41, 5.74) is 1.13. The summed E-state index contributed by atoms with van der Waals surface area (Å²) in [6.07, 6.45) is 4.88. The van der Waals surface area contributed by atoms with Crippen LogP contribution < -0.4 is 5.32 Å². The third kappa shape index (κ3) is 3.76. The van der Waals surface area contributed by atoms with Gasteiger partial charge in [-0.05, 0) is 37.3 Å². The number of hydrogen-bond acceptors (Lipinski definition) is 2. The van der Waals surface area contributed by atoms with Gasteiger partial charge in [-0.1, -0.05) is 43.0 Å². The van der Waals surface area contributed by atoms with Gasteiger partial charge >= 0.3 is 5.97 Å². The molecule has 1 aromatic rings. The Morgan fingerprint density at radius 3 is 2.57 bits per heavy atom. The normalized spacial score (nSPS) is 17.2. The quantitative estimate of drug-likeness (QED) is 0.895. The molecule has 1 aromatic carbocycles. The molecule has 0 radical (unpaired) electrons. The van der Waals surface area contributed by atoms with E-state index < -0.39 is 17.9 Å². The zero-order valence-electron chi connectivity index (χ0n) is 12.1. The van der Waals surface area contributed by atoms with E-state index >= 15 is 0 Å². The minimum Gasteiger partial charge on any atom is -0.480 e. The van der Waals surface area contributed by atoms with Crippen molar-refractivity contribution in [3.63, 3.8) is 0 Å². The molecule has 4 nitrogen and oxygen atoms in total. The maximum atomic E-state index is 12.3. The van der Waals surface area contributed by atoms with E-state index in [1.165, 1.54) is 0 Å². The summed E-state index contributed by atoms with van der Waals surface area (Å²) in [5, 5.41) is 12.4. The van der Waals surface area contributed by atoms with Gasteiger partial charge in [0.15, 0.2) is 0 Å². The summed E-state index contributed by atoms with van der Waals surface area (Å²) in [6.45, 7) is 1.81. The molecule has 5 heteroatoms. The lowest BCUT2D eigenvalue weighted by atomic mass is 9.84. The molecule has 1 amide bonds. The molecule has 0 aliphatic heterocycles. The number of benzene rings is 1. The van der Waals surface area contributed by atoms with Crippen LogP contribution in [-0.4, -0.2) is 23.0 Å². The fourth-order valence-electron chi connectivity index (χ4n) is 2.89. The van der Waals surface area contributed by atoms with E-state index in [2.05, 4.69) is 5.32 Å². The molecule has 1 saturated carbocycles. The van der Waals surface area contributed by atoms with Crippen LogP contribution in [0.15, 0.2) is 18.2 Å². The van der Waals surface area contributed by atoms with Crippen molar-refractivity contribution in [3.05, 3.63) is 34.3 Å². The van der Waals surface area contributed by atoms with Gasteiger partial charge < -0.3 is 10.4 Å². The van der Waals surface area contributed by atoms with Crippen LogP contribution in [0.5, 0.6) is 0 Å². The van der Waals surface area contributed by atoms with Crippen molar-refractivity contribution < 1.29 is 14.7 Å². The molecule has 1 fully saturated rings. The van der Waals surface area contributed by atoms with Gasteiger partial charge in [-0.25, -0.2) is 4.79 Å². The molecular formula is C16H20ClNO3. The summed E-state index contributed by atoms with van der Waals surface area (Å²) < 4.78 is 0. The highest BCUT2D eigenvalue weighted by Gasteiger charge is 2.31. The standard InChI is InChI=1S/C16H20ClNO3/c1-10-6-5-9-12(13(10)17)15(19)18-14(16(20)21)11-7-3-2-4-8-11/h5-6,9,11,14H,2-4,7-8H2,1H3,(H,18,19)(H,20,21). The average Bonchev–Trinajstić information content (AvgIpc) is 2.48. The summed E-state index contributed by atoms with van der Waals surface area (Å²) in [6, 6.07) is 4.33. The van der Waals surface area contributed by atoms with Crippen LogP contribution >= 0.6 is 11.6 Å². The third-order valence-electron chi connectivity index (χ3n) is 4.11. The lowest BCUT2D eigenvalue weighted by molar-refractivity contribution is -0.141. The Balaban J connectivity index is 2.14. The minimum atomic E-state index is -0.973. The zero-order chi connectivity index (χ0) is 15.4. The van der Waals surface area contributed by atoms with Crippen LogP contribution in [0.4, 0.5) is 0 Å². The number of rotatable bonds is 4. The molecule has 0 aromatic heterocycles. The first-order chi connectivity index (χ1) is 10.0. The van der Waals surface area contributed by atoms with Crippen molar-refractivity contribution in [2.75, 3.05) is 0 Å². The molecule has 0 spiro atoms. The molecule has 1 aliphatic carbocycles. The van der Waals surface area contributed by atoms with Crippen molar-refractivity contribution in [1.82, 2.24) is 5.32 Å². The largest absolute Gasteiger partial charge is 0.480 e. The summed E-state index contributed by atoms with van der Waals surface area (Å²) in [4.78, 5) is 23.8. The Bertz CT molecular complexity index is 538. The maximum Gasteiger partial charge on any atom is 0.326 e. The Morgan fingerprint density at radius 2 is 1.95 bits per heavy atom. The molecule has 21 heavy (non-hydrogen) atoms. The molecule has 0 heterocycles. The SMILES string of the molecule is Cc1cccc(C(=O)NC(C(=O)O)C2CCCCC2)c1Cl. The minimum absolute atomic E-state index is 0.00350. The monoisotopic (exact) mass is 309 g/mol. The molecule has 0 bridgehead atoms. The molecule has 2 rings (SSSR count). The molecule has 2 N–H and O–H groups in total. The Hall–Kier alpha value is -1.55. The third-order valence-corrected chi connectivity index (χ3v) is 4.61. The number of nitrogens with one attached hydrogen (secondary N) is 1. The topological polar surface area (TPSA) is 66.4 Å². The van der Waals surface area contributed by atoms with Gasteiger partial charge in [0.2, 0.25) is 0 Å². The highest BCUT2D eigenvalue weighted by Crippen LogP contribution is 2.27. The van der Waals surface area contributed by atoms with Crippen molar-refractivity contribution >= 4 is 23.5 Å². The van der Waals surface area contributed by atoms with Crippen LogP contribution in [0.2, 0.25) is 5.02 Å². The first-order valence-electron chi connectivity index (χ1n) is 7.29. The van der Waals surface area contributed by atoms with Crippen LogP contribution in [0.25, 0.3) is 0 Å². The summed E-state index contributed by atoms with van der Waals surface area (Å²) >= 11 is 6.13. The highest BCUT2D eigenvalue weighted by atomic mass is 35.5. The van der Waals surface area contributed by atoms with E-state index in [0.29, 0.717) is 10.6 Å². The Labute approximate surface area is 129 Å². The number of carbonyl (C=O) groups excluding carboxylic acids is 1. The molecule has 1 atom stereocenters. The van der Waals surface area contributed by atoms with Crippen molar-refractivity contribution in [3.8, 4) is 0 Å². The Kier molecular flexibility index (Phi) is 5.23. The molecule has 0 saturated heterocycles. The maximum absolute atomic E-state index is 12.3. The number of halogens is 1. The molecular weight excluding hydrogens is 290 g/mol. The summed E-state index contributed by atoms with van der Waals surface area (Å²) in [5.74, 6) is -1.38. The molecule has 114 valence electrons. The lowest BCUT2D eigenvalue weighted by Gasteiger charge is -2.28. The fourth-order valence-corrected chi connectivity index (χ4v) is 3.10. The first-order valence-corrected chi connectivity index (χ1v) is 7.67. The number of aliphatic carboxylic acids is 1. The van der Waals surface area contributed by atoms with Crippen molar-refractivity contribution in [2.24, 2.45) is 5.92 Å². The summed E-state index contributed by atoms with van der Waals surface area (Å²) in [7, 11) is 0. The van der Waals surface area contributed by atoms with Crippen LogP contribution in [-0.2, 0) is 4.79 Å². The smallest absolute Gasteiger partial charge is 0.326 e. The molecule has 1 aliphatic rings. The number of carboxylic acids is 1. The van der Waals surface area contributed by atoms with E-state index in [1.807, 2.05) is 13.0 Å². The van der Waals surface area contributed by atoms with Gasteiger partial charge in [-0.3, -0.25) is 4.79 Å². The highest BCUT2D eigenvalue weighted by molar-refractivity contribution is 6.34. The van der Waals surface area contributed by atoms with Gasteiger partial charge in [0, 0.05) is 0 Å². The van der Waals surface area contributed by atoms with Gasteiger partial charge in [-0.2, -0.15) is 0 Å². The Morgan fingerprint density at radius 1 is 1.29 bits per heavy atom. The van der Waals surface area contributed by atoms with E-state index in [4.69, 9.17) is 11.6 Å². The van der Waals surface area contributed by atoms with Crippen molar-refractivity contribution in [1.29, 1.82) is 0 Å². The number of carbonyl (C=O) groups is 2. The van der Waals surface area contributed by atoms with E-state index in [-0.39, 0.29) is 5.92 Å². The number of amides is 1. The zero-order valence-corrected chi connectivity index (χ0v) is 12.8. The molecule has 1 unspecified atom stereocenters. The second-order valence-electron chi connectivity index (χ2n) is 5.62. The lowest BCUT2D eigenvalue weighted by Crippen LogP contribution is -2.46. The van der Waals surface area contributed by atoms with Crippen molar-refractivity contribution in [2.45, 2.75) is 45.1 Å². The van der Waals surface area contributed by atoms with Crippen LogP contribution in [0.3, 0.4) is 0 Å². The van der Waals surface area contributed by atoms with Gasteiger partial charge in [0.05, 0.1) is 10.6 Å². The number of carboxylic acid groups (broad SMARTS) is 1. The fraction of sp³-hybridized carbons (Fsp3) is 0.500. The average molecular weight is 310 g/mol. The predicted molar refractivity (Wildman–Crippen MR) is 81.7 cm³/mol. The second kappa shape index (κ2) is 6.94. The van der Waals surface area contributed by atoms with Gasteiger partial charge in [0.1, 0.15) is 6.04 Å². The number of hydrogen-bond donors (Lipinski definition) is 2. The van der Waals surface area contributed by atoms with Gasteiger partial charge in [0.25, 0.3) is 5.91 Å². The first kappa shape index (κ1) is 15.8. The van der Waals surface area contributed by atoms with Crippen LogP contribution in [0, 0.1) is 12.8 Å². The van der Waals surface area contributed by atoms with Gasteiger partial charge in [-0.15, -0.1) is 0 Å². The van der Waals surface area contributed by atoms with E-state index in [9.17, 15) is 14.7 Å².